The van der Waals surface area contributed by atoms with E-state index in [-0.39, 0.29) is 12.4 Å². The van der Waals surface area contributed by atoms with E-state index in [1.807, 2.05) is 30.3 Å². The number of primary amides is 2. The van der Waals surface area contributed by atoms with Crippen LogP contribution >= 0.6 is 12.4 Å². The van der Waals surface area contributed by atoms with E-state index in [0.717, 1.165) is 5.56 Å². The fourth-order valence-electron chi connectivity index (χ4n) is 2.79. The second-order valence-electron chi connectivity index (χ2n) is 5.09. The molecule has 2 atom stereocenters. The number of nitrogens with two attached hydrogens (primary N) is 2. The van der Waals surface area contributed by atoms with Gasteiger partial charge in [0, 0.05) is 13.1 Å². The van der Waals surface area contributed by atoms with Crippen molar-refractivity contribution in [2.45, 2.75) is 12.8 Å². The van der Waals surface area contributed by atoms with Gasteiger partial charge in [-0.05, 0) is 18.4 Å². The van der Waals surface area contributed by atoms with E-state index in [9.17, 15) is 9.59 Å². The molecule has 5 nitrogen and oxygen atoms in total. The largest absolute Gasteiger partial charge is 0.369 e. The summed E-state index contributed by atoms with van der Waals surface area (Å²) in [6.07, 6.45) is 1.24. The maximum absolute atomic E-state index is 11.8. The number of hydrogen-bond acceptors (Lipinski definition) is 3. The summed E-state index contributed by atoms with van der Waals surface area (Å²) in [5.41, 5.74) is 11.2. The molecule has 110 valence electrons. The minimum Gasteiger partial charge on any atom is -0.369 e. The van der Waals surface area contributed by atoms with Crippen molar-refractivity contribution >= 4 is 24.2 Å². The van der Waals surface area contributed by atoms with Crippen molar-refractivity contribution in [3.05, 3.63) is 35.9 Å². The third kappa shape index (κ3) is 3.11. The Kier molecular flexibility index (Phi) is 5.53. The predicted octanol–water partition coefficient (Wildman–Crippen LogP) is 0.217. The predicted molar refractivity (Wildman–Crippen MR) is 79.2 cm³/mol. The van der Waals surface area contributed by atoms with Crippen molar-refractivity contribution in [2.75, 3.05) is 13.1 Å². The van der Waals surface area contributed by atoms with Crippen molar-refractivity contribution in [3.8, 4) is 0 Å². The first-order valence-electron chi connectivity index (χ1n) is 6.40. The lowest BCUT2D eigenvalue weighted by molar-refractivity contribution is -0.136. The van der Waals surface area contributed by atoms with E-state index in [1.54, 1.807) is 0 Å². The highest BCUT2D eigenvalue weighted by atomic mass is 35.5. The highest BCUT2D eigenvalue weighted by Crippen LogP contribution is 2.36. The van der Waals surface area contributed by atoms with E-state index in [4.69, 9.17) is 11.5 Å². The van der Waals surface area contributed by atoms with E-state index >= 15 is 0 Å². The van der Waals surface area contributed by atoms with E-state index in [2.05, 4.69) is 5.32 Å². The van der Waals surface area contributed by atoms with Gasteiger partial charge in [-0.15, -0.1) is 12.4 Å². The second-order valence-corrected chi connectivity index (χ2v) is 5.09. The van der Waals surface area contributed by atoms with Crippen LogP contribution in [-0.2, 0) is 16.0 Å². The van der Waals surface area contributed by atoms with Crippen molar-refractivity contribution in [2.24, 2.45) is 22.8 Å². The van der Waals surface area contributed by atoms with Gasteiger partial charge in [0.05, 0.1) is 11.3 Å². The molecule has 1 heterocycles. The Morgan fingerprint density at radius 2 is 1.90 bits per heavy atom. The topological polar surface area (TPSA) is 98.2 Å². The molecule has 0 aliphatic carbocycles. The van der Waals surface area contributed by atoms with Crippen molar-refractivity contribution in [1.82, 2.24) is 5.32 Å². The smallest absolute Gasteiger partial charge is 0.225 e. The number of hydrogen-bond donors (Lipinski definition) is 3. The zero-order valence-electron chi connectivity index (χ0n) is 11.2. The molecule has 1 aliphatic rings. The van der Waals surface area contributed by atoms with Gasteiger partial charge in [-0.1, -0.05) is 30.3 Å². The summed E-state index contributed by atoms with van der Waals surface area (Å²) in [5.74, 6) is -1.43. The lowest BCUT2D eigenvalue weighted by Crippen LogP contribution is -2.48. The van der Waals surface area contributed by atoms with Gasteiger partial charge in [-0.3, -0.25) is 9.59 Å². The summed E-state index contributed by atoms with van der Waals surface area (Å²) in [6, 6.07) is 9.83. The molecule has 0 radical (unpaired) electrons. The summed E-state index contributed by atoms with van der Waals surface area (Å²) >= 11 is 0. The number of carbonyl (C=O) groups excluding carboxylic acids is 2. The van der Waals surface area contributed by atoms with Crippen LogP contribution in [0.3, 0.4) is 0 Å². The van der Waals surface area contributed by atoms with Crippen LogP contribution in [0.4, 0.5) is 0 Å². The number of nitrogens with one attached hydrogen (secondary N) is 1. The average molecular weight is 298 g/mol. The Bertz CT molecular complexity index is 481. The minimum absolute atomic E-state index is 0. The van der Waals surface area contributed by atoms with Crippen LogP contribution in [0.5, 0.6) is 0 Å². The molecule has 5 N–H and O–H groups in total. The molecule has 0 aromatic heterocycles. The quantitative estimate of drug-likeness (QED) is 0.725. The average Bonchev–Trinajstić information content (AvgIpc) is 2.83. The molecule has 1 aromatic carbocycles. The molecule has 2 rings (SSSR count). The summed E-state index contributed by atoms with van der Waals surface area (Å²) in [5, 5.41) is 3.06. The Labute approximate surface area is 124 Å². The van der Waals surface area contributed by atoms with Crippen LogP contribution in [0.25, 0.3) is 0 Å². The fourth-order valence-corrected chi connectivity index (χ4v) is 2.79. The maximum Gasteiger partial charge on any atom is 0.225 e. The van der Waals surface area contributed by atoms with Gasteiger partial charge in [-0.25, -0.2) is 0 Å². The Morgan fingerprint density at radius 1 is 1.25 bits per heavy atom. The number of benzene rings is 1. The minimum atomic E-state index is -0.859. The van der Waals surface area contributed by atoms with Crippen molar-refractivity contribution in [1.29, 1.82) is 0 Å². The first kappa shape index (κ1) is 16.5. The third-order valence-electron chi connectivity index (χ3n) is 3.99. The molecule has 20 heavy (non-hydrogen) atoms. The van der Waals surface area contributed by atoms with Gasteiger partial charge in [0.15, 0.2) is 0 Å². The molecular weight excluding hydrogens is 278 g/mol. The maximum atomic E-state index is 11.8. The molecule has 1 fully saturated rings. The molecule has 2 amide bonds. The lowest BCUT2D eigenvalue weighted by atomic mass is 9.73. The Hall–Kier alpha value is -1.59. The van der Waals surface area contributed by atoms with Gasteiger partial charge in [0.25, 0.3) is 0 Å². The van der Waals surface area contributed by atoms with Gasteiger partial charge in [0.1, 0.15) is 0 Å². The third-order valence-corrected chi connectivity index (χ3v) is 3.99. The Balaban J connectivity index is 0.00000200. The van der Waals surface area contributed by atoms with Crippen LogP contribution in [0.15, 0.2) is 30.3 Å². The number of halogens is 1. The standard InChI is InChI=1S/C14H19N3O2.ClH/c15-12(18)11-8-17-9-14(11,13(16)19)7-6-10-4-2-1-3-5-10;/h1-5,11,17H,6-9H2,(H2,15,18)(H2,16,19);1H. The highest BCUT2D eigenvalue weighted by molar-refractivity contribution is 5.90. The molecule has 0 bridgehead atoms. The summed E-state index contributed by atoms with van der Waals surface area (Å²) in [4.78, 5) is 23.3. The van der Waals surface area contributed by atoms with Gasteiger partial charge in [-0.2, -0.15) is 0 Å². The van der Waals surface area contributed by atoms with Crippen LogP contribution in [0.2, 0.25) is 0 Å². The van der Waals surface area contributed by atoms with Gasteiger partial charge in [0.2, 0.25) is 11.8 Å². The highest BCUT2D eigenvalue weighted by Gasteiger charge is 2.50. The molecule has 0 spiro atoms. The van der Waals surface area contributed by atoms with Crippen LogP contribution in [-0.4, -0.2) is 24.9 Å². The fraction of sp³-hybridized carbons (Fsp3) is 0.429. The number of amides is 2. The van der Waals surface area contributed by atoms with Crippen LogP contribution in [0.1, 0.15) is 12.0 Å². The first-order chi connectivity index (χ1) is 9.06. The lowest BCUT2D eigenvalue weighted by Gasteiger charge is -2.29. The molecule has 1 aromatic rings. The molecule has 1 aliphatic heterocycles. The summed E-state index contributed by atoms with van der Waals surface area (Å²) in [6.45, 7) is 0.843. The second kappa shape index (κ2) is 6.72. The normalized spacial score (nSPS) is 24.9. The monoisotopic (exact) mass is 297 g/mol. The van der Waals surface area contributed by atoms with E-state index < -0.39 is 23.1 Å². The molecule has 2 unspecified atom stereocenters. The van der Waals surface area contributed by atoms with Crippen LogP contribution in [0, 0.1) is 11.3 Å². The molecule has 0 saturated carbocycles. The van der Waals surface area contributed by atoms with E-state index in [1.165, 1.54) is 0 Å². The zero-order chi connectivity index (χ0) is 13.9. The van der Waals surface area contributed by atoms with Gasteiger partial charge >= 0.3 is 0 Å². The number of carbonyl (C=O) groups is 2. The first-order valence-corrected chi connectivity index (χ1v) is 6.40. The molecular formula is C14H20ClN3O2. The van der Waals surface area contributed by atoms with E-state index in [0.29, 0.717) is 25.9 Å². The van der Waals surface area contributed by atoms with Crippen molar-refractivity contribution < 1.29 is 9.59 Å². The number of aryl methyl sites for hydroxylation is 1. The summed E-state index contributed by atoms with van der Waals surface area (Å²) < 4.78 is 0. The van der Waals surface area contributed by atoms with Crippen LogP contribution < -0.4 is 16.8 Å². The zero-order valence-corrected chi connectivity index (χ0v) is 12.0. The molecule has 6 heteroatoms. The molecule has 1 saturated heterocycles. The SMILES string of the molecule is Cl.NC(=O)C1CNCC1(CCc1ccccc1)C(N)=O. The summed E-state index contributed by atoms with van der Waals surface area (Å²) in [7, 11) is 0. The number of rotatable bonds is 5. The Morgan fingerprint density at radius 3 is 2.45 bits per heavy atom. The van der Waals surface area contributed by atoms with Crippen molar-refractivity contribution in [3.63, 3.8) is 0 Å². The van der Waals surface area contributed by atoms with Gasteiger partial charge < -0.3 is 16.8 Å².